The number of benzene rings is 3. The average Bonchev–Trinajstić information content (AvgIpc) is 2.75. The number of anilines is 2. The second kappa shape index (κ2) is 10.1. The zero-order valence-electron chi connectivity index (χ0n) is 17.5. The highest BCUT2D eigenvalue weighted by atomic mass is 35.5. The number of carbonyl (C=O) groups is 1. The number of aryl methyl sites for hydroxylation is 3. The van der Waals surface area contributed by atoms with Gasteiger partial charge >= 0.3 is 0 Å². The Balaban J connectivity index is 0.00000272. The van der Waals surface area contributed by atoms with Gasteiger partial charge in [-0.3, -0.25) is 9.78 Å². The van der Waals surface area contributed by atoms with E-state index in [-0.39, 0.29) is 18.3 Å². The van der Waals surface area contributed by atoms with Crippen molar-refractivity contribution in [1.82, 2.24) is 4.98 Å². The first-order valence-electron chi connectivity index (χ1n) is 10.2. The number of hydrogen-bond acceptors (Lipinski definition) is 3. The molecule has 0 saturated heterocycles. The van der Waals surface area contributed by atoms with Gasteiger partial charge in [0.25, 0.3) is 5.91 Å². The Morgan fingerprint density at radius 3 is 2.48 bits per heavy atom. The molecule has 0 radical (unpaired) electrons. The van der Waals surface area contributed by atoms with Crippen LogP contribution < -0.4 is 11.1 Å². The number of hydrogen-bond donors (Lipinski definition) is 2. The highest BCUT2D eigenvalue weighted by Crippen LogP contribution is 2.25. The van der Waals surface area contributed by atoms with E-state index in [0.717, 1.165) is 41.4 Å². The zero-order chi connectivity index (χ0) is 20.9. The summed E-state index contributed by atoms with van der Waals surface area (Å²) in [5.74, 6) is -0.108. The van der Waals surface area contributed by atoms with Gasteiger partial charge in [-0.05, 0) is 67.6 Å². The molecular weight excluding hydrogens is 406 g/mol. The fourth-order valence-corrected chi connectivity index (χ4v) is 3.75. The third kappa shape index (κ3) is 5.41. The van der Waals surface area contributed by atoms with Crippen molar-refractivity contribution < 1.29 is 4.79 Å². The molecule has 0 aliphatic rings. The molecule has 1 heterocycles. The molecule has 0 spiro atoms. The first-order valence-corrected chi connectivity index (χ1v) is 10.2. The van der Waals surface area contributed by atoms with Crippen LogP contribution in [0.25, 0.3) is 10.9 Å². The fraction of sp³-hybridized carbons (Fsp3) is 0.154. The van der Waals surface area contributed by atoms with Crippen LogP contribution in [0.15, 0.2) is 78.9 Å². The Morgan fingerprint density at radius 1 is 0.935 bits per heavy atom. The topological polar surface area (TPSA) is 68.0 Å². The van der Waals surface area contributed by atoms with Crippen molar-refractivity contribution in [1.29, 1.82) is 0 Å². The predicted octanol–water partition coefficient (Wildman–Crippen LogP) is 5.97. The molecule has 0 atom stereocenters. The van der Waals surface area contributed by atoms with E-state index in [1.54, 1.807) is 0 Å². The van der Waals surface area contributed by atoms with Crippen LogP contribution in [0.3, 0.4) is 0 Å². The first-order chi connectivity index (χ1) is 14.6. The third-order valence-electron chi connectivity index (χ3n) is 5.24. The van der Waals surface area contributed by atoms with Crippen molar-refractivity contribution >= 4 is 40.6 Å². The number of pyridine rings is 1. The molecule has 0 unspecified atom stereocenters. The monoisotopic (exact) mass is 431 g/mol. The second-order valence-corrected chi connectivity index (χ2v) is 7.54. The number of nitrogen functional groups attached to an aromatic ring is 1. The van der Waals surface area contributed by atoms with Gasteiger partial charge in [0.15, 0.2) is 0 Å². The maximum atomic E-state index is 13.0. The summed E-state index contributed by atoms with van der Waals surface area (Å²) < 4.78 is 0. The lowest BCUT2D eigenvalue weighted by molar-refractivity contribution is 0.102. The van der Waals surface area contributed by atoms with Gasteiger partial charge in [-0.1, -0.05) is 48.5 Å². The van der Waals surface area contributed by atoms with E-state index in [4.69, 9.17) is 5.73 Å². The normalized spacial score (nSPS) is 10.5. The van der Waals surface area contributed by atoms with Crippen LogP contribution in [0, 0.1) is 6.92 Å². The maximum absolute atomic E-state index is 13.0. The van der Waals surface area contributed by atoms with Crippen LogP contribution in [-0.2, 0) is 12.8 Å². The van der Waals surface area contributed by atoms with E-state index in [9.17, 15) is 4.79 Å². The Labute approximate surface area is 188 Å². The molecule has 4 nitrogen and oxygen atoms in total. The van der Waals surface area contributed by atoms with E-state index in [1.807, 2.05) is 61.5 Å². The van der Waals surface area contributed by atoms with Crippen LogP contribution in [0.2, 0.25) is 0 Å². The minimum Gasteiger partial charge on any atom is -0.398 e. The minimum atomic E-state index is -0.108. The highest BCUT2D eigenvalue weighted by Gasteiger charge is 2.12. The SMILES string of the molecule is Cc1cc(N)c2cc(NC(=O)c3ccccc3CCCc3ccccc3)ccc2n1.Cl. The Kier molecular flexibility index (Phi) is 7.27. The number of aromatic nitrogens is 1. The lowest BCUT2D eigenvalue weighted by Crippen LogP contribution is -2.14. The molecule has 1 amide bonds. The Morgan fingerprint density at radius 2 is 1.68 bits per heavy atom. The van der Waals surface area contributed by atoms with Crippen LogP contribution in [0.5, 0.6) is 0 Å². The third-order valence-corrected chi connectivity index (χ3v) is 5.24. The summed E-state index contributed by atoms with van der Waals surface area (Å²) in [4.78, 5) is 17.5. The highest BCUT2D eigenvalue weighted by molar-refractivity contribution is 6.06. The molecule has 31 heavy (non-hydrogen) atoms. The van der Waals surface area contributed by atoms with Gasteiger partial charge < -0.3 is 11.1 Å². The summed E-state index contributed by atoms with van der Waals surface area (Å²) in [6.07, 6.45) is 2.84. The predicted molar refractivity (Wildman–Crippen MR) is 131 cm³/mol. The van der Waals surface area contributed by atoms with E-state index in [2.05, 4.69) is 34.6 Å². The van der Waals surface area contributed by atoms with Crippen LogP contribution >= 0.6 is 12.4 Å². The molecule has 3 aromatic carbocycles. The minimum absolute atomic E-state index is 0. The molecule has 0 aliphatic heterocycles. The molecule has 1 aromatic heterocycles. The summed E-state index contributed by atoms with van der Waals surface area (Å²) in [5.41, 5.74) is 12.3. The van der Waals surface area contributed by atoms with Gasteiger partial charge in [0.1, 0.15) is 0 Å². The number of amides is 1. The zero-order valence-corrected chi connectivity index (χ0v) is 18.3. The summed E-state index contributed by atoms with van der Waals surface area (Å²) in [6.45, 7) is 1.92. The van der Waals surface area contributed by atoms with Crippen LogP contribution in [0.1, 0.15) is 33.6 Å². The van der Waals surface area contributed by atoms with Gasteiger partial charge in [0.05, 0.1) is 5.52 Å². The molecule has 0 fully saturated rings. The Hall–Kier alpha value is -3.37. The molecule has 0 saturated carbocycles. The number of rotatable bonds is 6. The Bertz CT molecular complexity index is 1190. The number of nitrogens with one attached hydrogen (secondary N) is 1. The number of halogens is 1. The van der Waals surface area contributed by atoms with Crippen molar-refractivity contribution in [2.75, 3.05) is 11.1 Å². The van der Waals surface area contributed by atoms with Gasteiger partial charge in [-0.15, -0.1) is 12.4 Å². The summed E-state index contributed by atoms with van der Waals surface area (Å²) in [5, 5.41) is 3.86. The lowest BCUT2D eigenvalue weighted by atomic mass is 9.99. The molecule has 158 valence electrons. The van der Waals surface area contributed by atoms with E-state index in [0.29, 0.717) is 16.9 Å². The second-order valence-electron chi connectivity index (χ2n) is 7.54. The first kappa shape index (κ1) is 22.3. The molecular formula is C26H26ClN3O. The molecule has 4 rings (SSSR count). The van der Waals surface area contributed by atoms with Crippen LogP contribution in [-0.4, -0.2) is 10.9 Å². The van der Waals surface area contributed by atoms with E-state index in [1.165, 1.54) is 5.56 Å². The number of nitrogens with zero attached hydrogens (tertiary/aromatic N) is 1. The van der Waals surface area contributed by atoms with E-state index >= 15 is 0 Å². The van der Waals surface area contributed by atoms with Gasteiger partial charge in [0, 0.05) is 28.0 Å². The van der Waals surface area contributed by atoms with Crippen molar-refractivity contribution in [3.8, 4) is 0 Å². The molecule has 0 bridgehead atoms. The van der Waals surface area contributed by atoms with Crippen molar-refractivity contribution in [2.24, 2.45) is 0 Å². The summed E-state index contributed by atoms with van der Waals surface area (Å²) >= 11 is 0. The fourth-order valence-electron chi connectivity index (χ4n) is 3.75. The van der Waals surface area contributed by atoms with Crippen molar-refractivity contribution in [3.05, 3.63) is 101 Å². The smallest absolute Gasteiger partial charge is 0.255 e. The lowest BCUT2D eigenvalue weighted by Gasteiger charge is -2.12. The summed E-state index contributed by atoms with van der Waals surface area (Å²) in [7, 11) is 0. The van der Waals surface area contributed by atoms with Crippen molar-refractivity contribution in [2.45, 2.75) is 26.2 Å². The largest absolute Gasteiger partial charge is 0.398 e. The summed E-state index contributed by atoms with van der Waals surface area (Å²) in [6, 6.07) is 25.7. The van der Waals surface area contributed by atoms with E-state index < -0.39 is 0 Å². The number of carbonyl (C=O) groups excluding carboxylic acids is 1. The molecule has 5 heteroatoms. The van der Waals surface area contributed by atoms with Gasteiger partial charge in [-0.25, -0.2) is 0 Å². The molecule has 0 aliphatic carbocycles. The quantitative estimate of drug-likeness (QED) is 0.395. The number of fused-ring (bicyclic) bond motifs is 1. The van der Waals surface area contributed by atoms with Gasteiger partial charge in [-0.2, -0.15) is 0 Å². The molecule has 3 N–H and O–H groups in total. The van der Waals surface area contributed by atoms with Crippen LogP contribution in [0.4, 0.5) is 11.4 Å². The van der Waals surface area contributed by atoms with Crippen molar-refractivity contribution in [3.63, 3.8) is 0 Å². The van der Waals surface area contributed by atoms with Gasteiger partial charge in [0.2, 0.25) is 0 Å². The maximum Gasteiger partial charge on any atom is 0.255 e. The molecule has 4 aromatic rings. The average molecular weight is 432 g/mol. The standard InChI is InChI=1S/C26H25N3O.ClH/c1-18-16-24(27)23-17-21(14-15-25(23)28-18)29-26(30)22-13-6-5-11-20(22)12-7-10-19-8-3-2-4-9-19;/h2-6,8-9,11,13-17H,7,10,12H2,1H3,(H2,27,28)(H,29,30);1H. The number of nitrogens with two attached hydrogens (primary N) is 1.